The molecular formula is C3H9O9P. The summed E-state index contributed by atoms with van der Waals surface area (Å²) in [5.74, 6) is 0. The number of aliphatic hydroxyl groups is 9. The highest BCUT2D eigenvalue weighted by atomic mass is 31.1. The van der Waals surface area contributed by atoms with Gasteiger partial charge >= 0.3 is 17.1 Å². The summed E-state index contributed by atoms with van der Waals surface area (Å²) in [6.07, 6.45) is 0. The van der Waals surface area contributed by atoms with Crippen LogP contribution in [-0.4, -0.2) is 63.1 Å². The zero-order chi connectivity index (χ0) is 11.1. The molecule has 0 bridgehead atoms. The van der Waals surface area contributed by atoms with Crippen molar-refractivity contribution in [3.63, 3.8) is 0 Å². The average molecular weight is 220 g/mol. The zero-order valence-electron chi connectivity index (χ0n) is 5.97. The molecule has 0 aliphatic carbocycles. The predicted molar refractivity (Wildman–Crippen MR) is 35.1 cm³/mol. The van der Waals surface area contributed by atoms with Crippen LogP contribution in [-0.2, 0) is 0 Å². The second-order valence-corrected chi connectivity index (χ2v) is 4.61. The van der Waals surface area contributed by atoms with Crippen LogP contribution in [0.15, 0.2) is 0 Å². The van der Waals surface area contributed by atoms with Crippen molar-refractivity contribution < 1.29 is 46.0 Å². The average Bonchev–Trinajstić information content (AvgIpc) is 1.44. The van der Waals surface area contributed by atoms with E-state index in [0.717, 1.165) is 0 Å². The monoisotopic (exact) mass is 220 g/mol. The Morgan fingerprint density at radius 3 is 0.615 bits per heavy atom. The fourth-order valence-corrected chi connectivity index (χ4v) is 1.81. The van der Waals surface area contributed by atoms with Crippen LogP contribution in [0.5, 0.6) is 0 Å². The van der Waals surface area contributed by atoms with Crippen molar-refractivity contribution >= 4 is 7.92 Å². The molecule has 0 radical (unpaired) electrons. The van der Waals surface area contributed by atoms with Gasteiger partial charge in [-0.25, -0.2) is 0 Å². The first kappa shape index (κ1) is 13.1. The largest absolute Gasteiger partial charge is 0.340 e. The topological polar surface area (TPSA) is 182 Å². The fourth-order valence-electron chi connectivity index (χ4n) is 0.604. The van der Waals surface area contributed by atoms with Crippen molar-refractivity contribution in [2.75, 3.05) is 0 Å². The lowest BCUT2D eigenvalue weighted by atomic mass is 11.2. The van der Waals surface area contributed by atoms with E-state index in [1.54, 1.807) is 0 Å². The van der Waals surface area contributed by atoms with Gasteiger partial charge in [-0.15, -0.1) is 0 Å². The molecule has 0 saturated heterocycles. The first-order valence-electron chi connectivity index (χ1n) is 2.68. The van der Waals surface area contributed by atoms with Gasteiger partial charge < -0.3 is 46.0 Å². The van der Waals surface area contributed by atoms with E-state index in [1.807, 2.05) is 0 Å². The van der Waals surface area contributed by atoms with Gasteiger partial charge in [-0.1, -0.05) is 0 Å². The Morgan fingerprint density at radius 2 is 0.615 bits per heavy atom. The van der Waals surface area contributed by atoms with E-state index >= 15 is 0 Å². The van der Waals surface area contributed by atoms with E-state index in [0.29, 0.717) is 0 Å². The van der Waals surface area contributed by atoms with Crippen molar-refractivity contribution in [1.82, 2.24) is 0 Å². The lowest BCUT2D eigenvalue weighted by Crippen LogP contribution is -2.47. The van der Waals surface area contributed by atoms with Crippen molar-refractivity contribution in [3.8, 4) is 0 Å². The Labute approximate surface area is 72.1 Å². The molecule has 9 nitrogen and oxygen atoms in total. The van der Waals surface area contributed by atoms with Gasteiger partial charge in [0, 0.05) is 0 Å². The van der Waals surface area contributed by atoms with Gasteiger partial charge in [0.15, 0.2) is 7.92 Å². The molecule has 13 heavy (non-hydrogen) atoms. The molecule has 0 aliphatic heterocycles. The first-order valence-corrected chi connectivity index (χ1v) is 4.02. The van der Waals surface area contributed by atoms with Gasteiger partial charge in [0.25, 0.3) is 0 Å². The van der Waals surface area contributed by atoms with Crippen LogP contribution >= 0.6 is 7.92 Å². The summed E-state index contributed by atoms with van der Waals surface area (Å²) < 4.78 is 0. The summed E-state index contributed by atoms with van der Waals surface area (Å²) in [5.41, 5.74) is -12.1. The van der Waals surface area contributed by atoms with Crippen LogP contribution in [0, 0.1) is 0 Å². The van der Waals surface area contributed by atoms with E-state index in [-0.39, 0.29) is 0 Å². The SMILES string of the molecule is OC(O)(O)P(C(O)(O)O)C(O)(O)O. The molecule has 0 spiro atoms. The number of hydrogen-bond acceptors (Lipinski definition) is 9. The molecular weight excluding hydrogens is 211 g/mol. The molecule has 0 aromatic carbocycles. The summed E-state index contributed by atoms with van der Waals surface area (Å²) in [4.78, 5) is 0. The van der Waals surface area contributed by atoms with Crippen molar-refractivity contribution in [2.24, 2.45) is 0 Å². The third-order valence-electron chi connectivity index (χ3n) is 0.900. The molecule has 80 valence electrons. The van der Waals surface area contributed by atoms with E-state index in [9.17, 15) is 0 Å². The van der Waals surface area contributed by atoms with E-state index in [2.05, 4.69) is 0 Å². The third kappa shape index (κ3) is 3.75. The maximum Gasteiger partial charge on any atom is 0.310 e. The van der Waals surface area contributed by atoms with Gasteiger partial charge in [-0.05, 0) is 0 Å². The van der Waals surface area contributed by atoms with Gasteiger partial charge in [0.05, 0.1) is 0 Å². The summed E-state index contributed by atoms with van der Waals surface area (Å²) >= 11 is 0. The molecule has 0 rings (SSSR count). The molecule has 0 heterocycles. The lowest BCUT2D eigenvalue weighted by Gasteiger charge is -2.36. The van der Waals surface area contributed by atoms with E-state index < -0.39 is 25.1 Å². The van der Waals surface area contributed by atoms with E-state index in [1.165, 1.54) is 0 Å². The highest BCUT2D eigenvalue weighted by molar-refractivity contribution is 7.60. The maximum absolute atomic E-state index is 8.33. The van der Waals surface area contributed by atoms with Crippen LogP contribution in [0.4, 0.5) is 0 Å². The second kappa shape index (κ2) is 3.33. The van der Waals surface area contributed by atoms with Crippen molar-refractivity contribution in [1.29, 1.82) is 0 Å². The molecule has 0 amide bonds. The molecule has 0 atom stereocenters. The first-order chi connectivity index (χ1) is 5.37. The highest BCUT2D eigenvalue weighted by Gasteiger charge is 2.59. The molecule has 0 aromatic heterocycles. The minimum absolute atomic E-state index is 3.98. The molecule has 0 aromatic rings. The van der Waals surface area contributed by atoms with Crippen LogP contribution in [0.3, 0.4) is 0 Å². The van der Waals surface area contributed by atoms with Gasteiger partial charge in [0.1, 0.15) is 0 Å². The van der Waals surface area contributed by atoms with Gasteiger partial charge in [-0.2, -0.15) is 0 Å². The minimum atomic E-state index is -4.05. The van der Waals surface area contributed by atoms with Gasteiger partial charge in [-0.3, -0.25) is 0 Å². The number of hydrogen-bond donors (Lipinski definition) is 9. The van der Waals surface area contributed by atoms with E-state index in [4.69, 9.17) is 46.0 Å². The smallest absolute Gasteiger partial charge is 0.310 e. The van der Waals surface area contributed by atoms with Crippen molar-refractivity contribution in [3.05, 3.63) is 0 Å². The molecule has 10 heteroatoms. The molecule has 9 N–H and O–H groups in total. The number of rotatable bonds is 3. The van der Waals surface area contributed by atoms with Crippen LogP contribution in [0.2, 0.25) is 0 Å². The molecule has 0 aliphatic rings. The maximum atomic E-state index is 8.33. The second-order valence-electron chi connectivity index (χ2n) is 2.14. The fraction of sp³-hybridized carbons (Fsp3) is 1.00. The normalized spacial score (nSPS) is 15.2. The quantitative estimate of drug-likeness (QED) is 0.166. The summed E-state index contributed by atoms with van der Waals surface area (Å²) in [6.45, 7) is 0. The molecule has 0 unspecified atom stereocenters. The summed E-state index contributed by atoms with van der Waals surface area (Å²) in [7, 11) is -3.98. The van der Waals surface area contributed by atoms with Gasteiger partial charge in [0.2, 0.25) is 0 Å². The minimum Gasteiger partial charge on any atom is -0.340 e. The molecule has 0 saturated carbocycles. The lowest BCUT2D eigenvalue weighted by molar-refractivity contribution is -0.312. The third-order valence-corrected chi connectivity index (χ3v) is 2.70. The Hall–Kier alpha value is 0.0700. The summed E-state index contributed by atoms with van der Waals surface area (Å²) in [5, 5.41) is 75.0. The molecule has 0 fully saturated rings. The Bertz CT molecular complexity index is 137. The van der Waals surface area contributed by atoms with Crippen LogP contribution in [0.25, 0.3) is 0 Å². The Balaban J connectivity index is 5.02. The van der Waals surface area contributed by atoms with Crippen molar-refractivity contribution in [2.45, 2.75) is 17.1 Å². The standard InChI is InChI=1S/C3H9O9P/c4-1(5,6)13(2(7,8)9)3(10,11)12/h4-12H. The zero-order valence-corrected chi connectivity index (χ0v) is 6.87. The summed E-state index contributed by atoms with van der Waals surface area (Å²) in [6, 6.07) is 0. The Morgan fingerprint density at radius 1 is 0.462 bits per heavy atom. The predicted octanol–water partition coefficient (Wildman–Crippen LogP) is -4.77. The Kier molecular flexibility index (Phi) is 3.35. The van der Waals surface area contributed by atoms with Crippen LogP contribution in [0.1, 0.15) is 0 Å². The van der Waals surface area contributed by atoms with Crippen LogP contribution < -0.4 is 0 Å². The highest BCUT2D eigenvalue weighted by Crippen LogP contribution is 2.59.